The molecule has 134 valence electrons. The van der Waals surface area contributed by atoms with E-state index >= 15 is 0 Å². The summed E-state index contributed by atoms with van der Waals surface area (Å²) >= 11 is 1.26. The molecule has 0 fully saturated rings. The molecule has 0 amide bonds. The second kappa shape index (κ2) is 8.23. The number of nitrogens with zero attached hydrogens (tertiary/aromatic N) is 2. The maximum Gasteiger partial charge on any atom is 0.223 e. The normalized spacial score (nSPS) is 10.8. The first-order chi connectivity index (χ1) is 12.5. The first-order valence-corrected chi connectivity index (χ1v) is 8.90. The molecule has 0 N–H and O–H groups in total. The highest BCUT2D eigenvalue weighted by atomic mass is 32.2. The lowest BCUT2D eigenvalue weighted by Crippen LogP contribution is -1.98. The molecule has 1 aromatic heterocycles. The zero-order chi connectivity index (χ0) is 18.5. The summed E-state index contributed by atoms with van der Waals surface area (Å²) in [5.74, 6) is -1.60. The van der Waals surface area contributed by atoms with E-state index in [-0.39, 0.29) is 11.6 Å². The van der Waals surface area contributed by atoms with Crippen molar-refractivity contribution in [1.29, 1.82) is 0 Å². The number of aryl methyl sites for hydroxylation is 1. The third-order valence-electron chi connectivity index (χ3n) is 3.50. The van der Waals surface area contributed by atoms with Gasteiger partial charge >= 0.3 is 0 Å². The molecular formula is C19H15F3N2OS. The Morgan fingerprint density at radius 1 is 0.923 bits per heavy atom. The van der Waals surface area contributed by atoms with Crippen molar-refractivity contribution in [3.8, 4) is 11.6 Å². The molecular weight excluding hydrogens is 361 g/mol. The summed E-state index contributed by atoms with van der Waals surface area (Å²) in [6.45, 7) is 1.93. The first-order valence-electron chi connectivity index (χ1n) is 7.92. The Morgan fingerprint density at radius 3 is 2.46 bits per heavy atom. The van der Waals surface area contributed by atoms with Crippen molar-refractivity contribution >= 4 is 11.8 Å². The minimum Gasteiger partial charge on any atom is -0.436 e. The van der Waals surface area contributed by atoms with E-state index in [0.29, 0.717) is 22.9 Å². The van der Waals surface area contributed by atoms with Gasteiger partial charge in [0.1, 0.15) is 0 Å². The molecule has 0 spiro atoms. The Balaban J connectivity index is 1.78. The predicted octanol–water partition coefficient (Wildman–Crippen LogP) is 5.54. The van der Waals surface area contributed by atoms with Crippen molar-refractivity contribution in [2.45, 2.75) is 24.3 Å². The summed E-state index contributed by atoms with van der Waals surface area (Å²) in [4.78, 5) is 8.65. The van der Waals surface area contributed by atoms with E-state index in [4.69, 9.17) is 4.74 Å². The molecule has 3 nitrogen and oxygen atoms in total. The van der Waals surface area contributed by atoms with Gasteiger partial charge in [-0.3, -0.25) is 0 Å². The third kappa shape index (κ3) is 4.54. The number of hydrogen-bond donors (Lipinski definition) is 0. The largest absolute Gasteiger partial charge is 0.436 e. The van der Waals surface area contributed by atoms with Gasteiger partial charge in [0.25, 0.3) is 0 Å². The highest BCUT2D eigenvalue weighted by Gasteiger charge is 2.10. The van der Waals surface area contributed by atoms with Crippen molar-refractivity contribution in [3.05, 3.63) is 77.2 Å². The highest BCUT2D eigenvalue weighted by molar-refractivity contribution is 7.98. The molecule has 7 heteroatoms. The number of ether oxygens (including phenoxy) is 1. The van der Waals surface area contributed by atoms with Crippen molar-refractivity contribution in [2.24, 2.45) is 0 Å². The smallest absolute Gasteiger partial charge is 0.223 e. The first kappa shape index (κ1) is 18.3. The van der Waals surface area contributed by atoms with Crippen LogP contribution in [0.1, 0.15) is 18.2 Å². The van der Waals surface area contributed by atoms with Crippen LogP contribution in [0, 0.1) is 17.5 Å². The second-order valence-electron chi connectivity index (χ2n) is 5.40. The van der Waals surface area contributed by atoms with Gasteiger partial charge in [-0.2, -0.15) is 4.98 Å². The number of aromatic nitrogens is 2. The molecule has 0 atom stereocenters. The average molecular weight is 376 g/mol. The van der Waals surface area contributed by atoms with Crippen LogP contribution in [0.4, 0.5) is 13.2 Å². The number of thioether (sulfide) groups is 1. The van der Waals surface area contributed by atoms with Crippen molar-refractivity contribution in [3.63, 3.8) is 0 Å². The molecule has 3 rings (SSSR count). The molecule has 0 aliphatic heterocycles. The molecule has 0 aliphatic rings. The lowest BCUT2D eigenvalue weighted by atomic mass is 10.2. The second-order valence-corrected chi connectivity index (χ2v) is 6.35. The van der Waals surface area contributed by atoms with Gasteiger partial charge in [-0.1, -0.05) is 36.9 Å². The van der Waals surface area contributed by atoms with E-state index in [0.717, 1.165) is 17.8 Å². The average Bonchev–Trinajstić information content (AvgIpc) is 2.64. The number of rotatable bonds is 6. The maximum atomic E-state index is 13.8. The minimum atomic E-state index is -0.894. The Kier molecular flexibility index (Phi) is 5.78. The van der Waals surface area contributed by atoms with Gasteiger partial charge in [0.15, 0.2) is 28.4 Å². The van der Waals surface area contributed by atoms with Crippen LogP contribution in [0.15, 0.2) is 53.7 Å². The summed E-state index contributed by atoms with van der Waals surface area (Å²) in [5, 5.41) is 0.417. The standard InChI is InChI=1S/C19H15F3N2OS/c1-2-13-10-18(25-17-6-4-3-5-15(17)21)24-19(23-13)26-11-12-7-8-14(20)16(22)9-12/h3-10H,2,11H2,1H3. The lowest BCUT2D eigenvalue weighted by molar-refractivity contribution is 0.421. The fraction of sp³-hybridized carbons (Fsp3) is 0.158. The van der Waals surface area contributed by atoms with Crippen LogP contribution in [-0.4, -0.2) is 9.97 Å². The predicted molar refractivity (Wildman–Crippen MR) is 93.8 cm³/mol. The van der Waals surface area contributed by atoms with E-state index < -0.39 is 17.5 Å². The van der Waals surface area contributed by atoms with Crippen LogP contribution >= 0.6 is 11.8 Å². The van der Waals surface area contributed by atoms with Gasteiger partial charge in [0, 0.05) is 17.5 Å². The van der Waals surface area contributed by atoms with E-state index in [1.54, 1.807) is 18.2 Å². The number of halogens is 3. The van der Waals surface area contributed by atoms with E-state index in [9.17, 15) is 13.2 Å². The van der Waals surface area contributed by atoms with Gasteiger partial charge in [-0.05, 0) is 36.2 Å². The van der Waals surface area contributed by atoms with Crippen LogP contribution < -0.4 is 4.74 Å². The van der Waals surface area contributed by atoms with Gasteiger partial charge < -0.3 is 4.74 Å². The Morgan fingerprint density at radius 2 is 1.73 bits per heavy atom. The molecule has 0 saturated heterocycles. The van der Waals surface area contributed by atoms with Gasteiger partial charge in [0.05, 0.1) is 0 Å². The minimum absolute atomic E-state index is 0.0739. The number of hydrogen-bond acceptors (Lipinski definition) is 4. The molecule has 26 heavy (non-hydrogen) atoms. The summed E-state index contributed by atoms with van der Waals surface area (Å²) < 4.78 is 45.6. The Bertz CT molecular complexity index is 921. The monoisotopic (exact) mass is 376 g/mol. The molecule has 3 aromatic rings. The molecule has 1 heterocycles. The van der Waals surface area contributed by atoms with Crippen LogP contribution in [0.5, 0.6) is 11.6 Å². The zero-order valence-corrected chi connectivity index (χ0v) is 14.7. The van der Waals surface area contributed by atoms with Gasteiger partial charge in [0.2, 0.25) is 5.88 Å². The number of benzene rings is 2. The molecule has 0 unspecified atom stereocenters. The van der Waals surface area contributed by atoms with Crippen molar-refractivity contribution < 1.29 is 17.9 Å². The summed E-state index contributed by atoms with van der Waals surface area (Å²) in [5.41, 5.74) is 1.34. The number of para-hydroxylation sites is 1. The lowest BCUT2D eigenvalue weighted by Gasteiger charge is -2.09. The topological polar surface area (TPSA) is 35.0 Å². The Labute approximate surface area is 153 Å². The van der Waals surface area contributed by atoms with E-state index in [1.165, 1.54) is 30.0 Å². The van der Waals surface area contributed by atoms with Crippen LogP contribution in [-0.2, 0) is 12.2 Å². The molecule has 0 bridgehead atoms. The molecule has 2 aromatic carbocycles. The van der Waals surface area contributed by atoms with Crippen LogP contribution in [0.2, 0.25) is 0 Å². The summed E-state index contributed by atoms with van der Waals surface area (Å²) in [6, 6.07) is 11.4. The van der Waals surface area contributed by atoms with Gasteiger partial charge in [-0.25, -0.2) is 18.2 Å². The van der Waals surface area contributed by atoms with Crippen molar-refractivity contribution in [2.75, 3.05) is 0 Å². The molecule has 0 radical (unpaired) electrons. The molecule has 0 aliphatic carbocycles. The van der Waals surface area contributed by atoms with Crippen LogP contribution in [0.3, 0.4) is 0 Å². The van der Waals surface area contributed by atoms with E-state index in [2.05, 4.69) is 9.97 Å². The zero-order valence-electron chi connectivity index (χ0n) is 13.9. The molecule has 0 saturated carbocycles. The fourth-order valence-corrected chi connectivity index (χ4v) is 2.98. The fourth-order valence-electron chi connectivity index (χ4n) is 2.16. The highest BCUT2D eigenvalue weighted by Crippen LogP contribution is 2.27. The summed E-state index contributed by atoms with van der Waals surface area (Å²) in [7, 11) is 0. The van der Waals surface area contributed by atoms with E-state index in [1.807, 2.05) is 6.92 Å². The quantitative estimate of drug-likeness (QED) is 0.418. The Hall–Kier alpha value is -2.54. The van der Waals surface area contributed by atoms with Crippen LogP contribution in [0.25, 0.3) is 0 Å². The van der Waals surface area contributed by atoms with Gasteiger partial charge in [-0.15, -0.1) is 0 Å². The summed E-state index contributed by atoms with van der Waals surface area (Å²) in [6.07, 6.45) is 0.648. The SMILES string of the molecule is CCc1cc(Oc2ccccc2F)nc(SCc2ccc(F)c(F)c2)n1. The van der Waals surface area contributed by atoms with Crippen molar-refractivity contribution in [1.82, 2.24) is 9.97 Å². The third-order valence-corrected chi connectivity index (χ3v) is 4.42. The maximum absolute atomic E-state index is 13.8.